The number of benzene rings is 2. The van der Waals surface area contributed by atoms with Gasteiger partial charge in [-0.1, -0.05) is 18.2 Å². The predicted molar refractivity (Wildman–Crippen MR) is 174 cm³/mol. The zero-order chi connectivity index (χ0) is 32.2. The van der Waals surface area contributed by atoms with E-state index in [9.17, 15) is 9.36 Å². The first-order valence-electron chi connectivity index (χ1n) is 15.5. The lowest BCUT2D eigenvalue weighted by Gasteiger charge is -2.31. The van der Waals surface area contributed by atoms with E-state index in [1.165, 1.54) is 7.11 Å². The van der Waals surface area contributed by atoms with Crippen LogP contribution in [0.4, 0.5) is 4.39 Å². The number of rotatable bonds is 14. The molecule has 7 nitrogen and oxygen atoms in total. The highest BCUT2D eigenvalue weighted by molar-refractivity contribution is 7.58. The molecule has 1 aromatic heterocycles. The average Bonchev–Trinajstić information content (AvgIpc) is 3.80. The molecule has 1 aliphatic rings. The second-order valence-corrected chi connectivity index (χ2v) is 15.1. The van der Waals surface area contributed by atoms with Gasteiger partial charge in [-0.3, -0.25) is 9.46 Å². The number of nitrogens with zero attached hydrogens (tertiary/aromatic N) is 2. The van der Waals surface area contributed by atoms with E-state index in [-0.39, 0.29) is 18.0 Å². The lowest BCUT2D eigenvalue weighted by molar-refractivity contribution is 0.0733. The van der Waals surface area contributed by atoms with Crippen molar-refractivity contribution in [2.24, 2.45) is 5.92 Å². The number of pyridine rings is 1. The maximum atomic E-state index is 15.2. The molecule has 1 unspecified atom stereocenters. The van der Waals surface area contributed by atoms with E-state index in [1.807, 2.05) is 44.2 Å². The summed E-state index contributed by atoms with van der Waals surface area (Å²) < 4.78 is 45.0. The summed E-state index contributed by atoms with van der Waals surface area (Å²) in [5.74, 6) is 0.312. The topological polar surface area (TPSA) is 78.0 Å². The smallest absolute Gasteiger partial charge is 0.343 e. The highest BCUT2D eigenvalue weighted by Gasteiger charge is 2.36. The number of hydrogen-bond acceptors (Lipinski definition) is 7. The van der Waals surface area contributed by atoms with Gasteiger partial charge in [0.05, 0.1) is 25.5 Å². The monoisotopic (exact) mass is 624 g/mol. The molecule has 1 fully saturated rings. The molecule has 4 rings (SSSR count). The maximum Gasteiger partial charge on any atom is 0.343 e. The SMILES string of the molecule is CCOP(C)(=O)C[C@H](c1cccc(OC(=O)c2cc(CN(C(C)C)C(C)C)c(-c3cc(OC)ncc3F)cc2C)c1)C1CC1. The van der Waals surface area contributed by atoms with Crippen molar-refractivity contribution in [3.8, 4) is 22.8 Å². The van der Waals surface area contributed by atoms with Gasteiger partial charge in [-0.05, 0) is 107 Å². The van der Waals surface area contributed by atoms with Crippen molar-refractivity contribution in [1.82, 2.24) is 9.88 Å². The number of carbonyl (C=O) groups excluding carboxylic acids is 1. The van der Waals surface area contributed by atoms with Gasteiger partial charge in [0, 0.05) is 43.1 Å². The minimum Gasteiger partial charge on any atom is -0.481 e. The van der Waals surface area contributed by atoms with Crippen LogP contribution in [-0.2, 0) is 15.6 Å². The molecule has 9 heteroatoms. The third-order valence-corrected chi connectivity index (χ3v) is 10.2. The van der Waals surface area contributed by atoms with Crippen molar-refractivity contribution < 1.29 is 27.7 Å². The van der Waals surface area contributed by atoms with Crippen LogP contribution in [0.15, 0.2) is 48.7 Å². The Morgan fingerprint density at radius 1 is 1.09 bits per heavy atom. The molecule has 0 N–H and O–H groups in total. The van der Waals surface area contributed by atoms with Crippen LogP contribution in [0.1, 0.15) is 80.4 Å². The summed E-state index contributed by atoms with van der Waals surface area (Å²) in [6.07, 6.45) is 3.79. The first-order valence-corrected chi connectivity index (χ1v) is 17.7. The van der Waals surface area contributed by atoms with Crippen molar-refractivity contribution in [2.45, 2.75) is 78.9 Å². The minimum atomic E-state index is -2.75. The number of aryl methyl sites for hydroxylation is 1. The summed E-state index contributed by atoms with van der Waals surface area (Å²) in [5.41, 5.74) is 3.92. The largest absolute Gasteiger partial charge is 0.481 e. The normalized spacial score (nSPS) is 15.5. The summed E-state index contributed by atoms with van der Waals surface area (Å²) >= 11 is 0. The van der Waals surface area contributed by atoms with Crippen LogP contribution in [0.25, 0.3) is 11.1 Å². The molecule has 1 heterocycles. The summed E-state index contributed by atoms with van der Waals surface area (Å²) in [6, 6.07) is 13.2. The van der Waals surface area contributed by atoms with Gasteiger partial charge >= 0.3 is 5.97 Å². The molecule has 2 aromatic carbocycles. The molecule has 0 amide bonds. The molecule has 1 saturated carbocycles. The Hall–Kier alpha value is -3.06. The van der Waals surface area contributed by atoms with Gasteiger partial charge in [-0.15, -0.1) is 0 Å². The van der Waals surface area contributed by atoms with E-state index in [0.717, 1.165) is 30.2 Å². The number of ether oxygens (including phenoxy) is 2. The van der Waals surface area contributed by atoms with Crippen molar-refractivity contribution in [1.29, 1.82) is 0 Å². The molecule has 0 bridgehead atoms. The van der Waals surface area contributed by atoms with Gasteiger partial charge < -0.3 is 14.0 Å². The van der Waals surface area contributed by atoms with Crippen LogP contribution in [0, 0.1) is 18.7 Å². The number of carbonyl (C=O) groups is 1. The van der Waals surface area contributed by atoms with Crippen LogP contribution in [0.2, 0.25) is 0 Å². The van der Waals surface area contributed by atoms with Crippen LogP contribution in [-0.4, -0.2) is 54.5 Å². The first-order chi connectivity index (χ1) is 20.8. The summed E-state index contributed by atoms with van der Waals surface area (Å²) in [4.78, 5) is 20.0. The molecule has 3 aromatic rings. The molecule has 2 atom stereocenters. The third-order valence-electron chi connectivity index (χ3n) is 8.30. The summed E-state index contributed by atoms with van der Waals surface area (Å²) in [7, 11) is -1.25. The number of methoxy groups -OCH3 is 1. The summed E-state index contributed by atoms with van der Waals surface area (Å²) in [6.45, 7) is 14.8. The quantitative estimate of drug-likeness (QED) is 0.101. The summed E-state index contributed by atoms with van der Waals surface area (Å²) in [5, 5.41) is 0. The Morgan fingerprint density at radius 2 is 1.80 bits per heavy atom. The van der Waals surface area contributed by atoms with E-state index >= 15 is 4.39 Å². The lowest BCUT2D eigenvalue weighted by Crippen LogP contribution is -2.36. The molecule has 0 aliphatic heterocycles. The van der Waals surface area contributed by atoms with Gasteiger partial charge in [-0.2, -0.15) is 0 Å². The Bertz CT molecular complexity index is 1510. The van der Waals surface area contributed by atoms with Gasteiger partial charge in [-0.25, -0.2) is 14.2 Å². The fraction of sp³-hybridized carbons (Fsp3) is 0.486. The van der Waals surface area contributed by atoms with Crippen molar-refractivity contribution >= 4 is 13.3 Å². The predicted octanol–water partition coefficient (Wildman–Crippen LogP) is 8.48. The zero-order valence-electron chi connectivity index (χ0n) is 27.2. The van der Waals surface area contributed by atoms with Gasteiger partial charge in [0.25, 0.3) is 0 Å². The standard InChI is InChI=1S/C35H46FN2O5P/c1-9-42-44(8,40)21-32(25-13-14-25)26-11-10-12-28(16-26)43-35(39)29-17-27(20-38(22(2)3)23(4)5)30(15-24(29)6)31-18-34(41-7)37-19-33(31)36/h10-12,15-19,22-23,25,32H,9,13-14,20-21H2,1-8H3/t32-,44?/m0/s1. The highest BCUT2D eigenvalue weighted by atomic mass is 31.2. The molecule has 1 aliphatic carbocycles. The van der Waals surface area contributed by atoms with Gasteiger partial charge in [0.2, 0.25) is 13.2 Å². The lowest BCUT2D eigenvalue weighted by atomic mass is 9.93. The van der Waals surface area contributed by atoms with Crippen LogP contribution in [0.3, 0.4) is 0 Å². The fourth-order valence-corrected chi connectivity index (χ4v) is 7.80. The van der Waals surface area contributed by atoms with Gasteiger partial charge in [0.1, 0.15) is 11.6 Å². The number of aromatic nitrogens is 1. The second-order valence-electron chi connectivity index (χ2n) is 12.4. The van der Waals surface area contributed by atoms with Crippen molar-refractivity contribution in [3.63, 3.8) is 0 Å². The van der Waals surface area contributed by atoms with E-state index in [2.05, 4.69) is 37.6 Å². The van der Waals surface area contributed by atoms with Gasteiger partial charge in [0.15, 0.2) is 0 Å². The van der Waals surface area contributed by atoms with E-state index in [1.54, 1.807) is 18.8 Å². The molecule has 0 spiro atoms. The van der Waals surface area contributed by atoms with Crippen LogP contribution in [0.5, 0.6) is 11.6 Å². The molecule has 44 heavy (non-hydrogen) atoms. The average molecular weight is 625 g/mol. The van der Waals surface area contributed by atoms with Crippen molar-refractivity contribution in [2.75, 3.05) is 26.5 Å². The van der Waals surface area contributed by atoms with Crippen LogP contribution < -0.4 is 9.47 Å². The molecule has 238 valence electrons. The van der Waals surface area contributed by atoms with Crippen molar-refractivity contribution in [3.05, 3.63) is 76.7 Å². The minimum absolute atomic E-state index is 0.0777. The fourth-order valence-electron chi connectivity index (χ4n) is 5.93. The molecular formula is C35H46FN2O5P. The maximum absolute atomic E-state index is 15.2. The zero-order valence-corrected chi connectivity index (χ0v) is 28.1. The Labute approximate surface area is 261 Å². The second kappa shape index (κ2) is 14.4. The first kappa shape index (κ1) is 33.8. The van der Waals surface area contributed by atoms with E-state index < -0.39 is 19.2 Å². The molecule has 0 radical (unpaired) electrons. The molecular weight excluding hydrogens is 578 g/mol. The highest BCUT2D eigenvalue weighted by Crippen LogP contribution is 2.53. The number of hydrogen-bond donors (Lipinski definition) is 0. The Balaban J connectivity index is 1.69. The van der Waals surface area contributed by atoms with E-state index in [0.29, 0.717) is 59.1 Å². The Morgan fingerprint density at radius 3 is 2.41 bits per heavy atom. The van der Waals surface area contributed by atoms with E-state index in [4.69, 9.17) is 14.0 Å². The Kier molecular flexibility index (Phi) is 11.0. The number of esters is 1. The number of halogens is 1. The van der Waals surface area contributed by atoms with Crippen LogP contribution >= 0.6 is 7.37 Å². The molecule has 0 saturated heterocycles. The third kappa shape index (κ3) is 8.35.